The van der Waals surface area contributed by atoms with Gasteiger partial charge in [0, 0.05) is 22.7 Å². The number of halogens is 1. The van der Waals surface area contributed by atoms with Crippen molar-refractivity contribution in [1.29, 1.82) is 5.26 Å². The van der Waals surface area contributed by atoms with Crippen molar-refractivity contribution in [3.63, 3.8) is 0 Å². The summed E-state index contributed by atoms with van der Waals surface area (Å²) >= 11 is 6.28. The number of carbonyl (C=O) groups is 1. The molecule has 0 spiro atoms. The molecule has 0 unspecified atom stereocenters. The first kappa shape index (κ1) is 25.6. The number of hydrogen-bond acceptors (Lipinski definition) is 4. The van der Waals surface area contributed by atoms with Gasteiger partial charge in [0.1, 0.15) is 18.2 Å². The molecule has 0 aliphatic rings. The van der Waals surface area contributed by atoms with Crippen molar-refractivity contribution < 1.29 is 14.3 Å². The number of nitriles is 1. The fourth-order valence-electron chi connectivity index (χ4n) is 3.45. The number of carbonyl (C=O) groups excluding carboxylic acids is 1. The Morgan fingerprint density at radius 1 is 1.09 bits per heavy atom. The number of amides is 1. The molecular formula is C29H27ClN2O3. The Bertz CT molecular complexity index is 1250. The lowest BCUT2D eigenvalue weighted by molar-refractivity contribution is -0.117. The highest BCUT2D eigenvalue weighted by molar-refractivity contribution is 6.31. The summed E-state index contributed by atoms with van der Waals surface area (Å²) in [5.74, 6) is 0.654. The van der Waals surface area contributed by atoms with E-state index >= 15 is 0 Å². The summed E-state index contributed by atoms with van der Waals surface area (Å²) in [5, 5.41) is 13.0. The Hall–Kier alpha value is -4.01. The second kappa shape index (κ2) is 13.0. The molecule has 5 nitrogen and oxygen atoms in total. The number of allylic oxidation sites excluding steroid dienone is 1. The lowest BCUT2D eigenvalue weighted by atomic mass is 10.0. The molecule has 0 atom stereocenters. The second-order valence-corrected chi connectivity index (χ2v) is 8.06. The van der Waals surface area contributed by atoms with Crippen LogP contribution in [-0.2, 0) is 24.4 Å². The van der Waals surface area contributed by atoms with Crippen molar-refractivity contribution in [3.8, 4) is 17.6 Å². The van der Waals surface area contributed by atoms with Crippen LogP contribution in [0.2, 0.25) is 5.02 Å². The first-order valence-corrected chi connectivity index (χ1v) is 11.6. The van der Waals surface area contributed by atoms with E-state index < -0.39 is 5.91 Å². The van der Waals surface area contributed by atoms with E-state index in [1.54, 1.807) is 18.2 Å². The van der Waals surface area contributed by atoms with Crippen LogP contribution in [-0.4, -0.2) is 12.5 Å². The summed E-state index contributed by atoms with van der Waals surface area (Å²) in [6.07, 6.45) is 3.83. The van der Waals surface area contributed by atoms with E-state index in [0.717, 1.165) is 16.7 Å². The largest absolute Gasteiger partial charge is 0.490 e. The topological polar surface area (TPSA) is 71.4 Å². The molecule has 3 aromatic rings. The molecule has 3 aromatic carbocycles. The molecular weight excluding hydrogens is 460 g/mol. The van der Waals surface area contributed by atoms with E-state index in [1.165, 1.54) is 0 Å². The number of ether oxygens (including phenoxy) is 2. The SMILES string of the molecule is C=CCc1cc(/C=C(\C#N)C(=O)NCc2ccccc2)cc(OCC)c1OCc1ccccc1Cl. The van der Waals surface area contributed by atoms with Crippen molar-refractivity contribution in [2.75, 3.05) is 6.61 Å². The van der Waals surface area contributed by atoms with E-state index in [2.05, 4.69) is 11.9 Å². The standard InChI is InChI=1S/C29H27ClN2O3/c1-3-10-23-15-22(16-25(18-31)29(33)32-19-21-11-6-5-7-12-21)17-27(34-4-2)28(23)35-20-24-13-8-9-14-26(24)30/h3,5-9,11-17H,1,4,10,19-20H2,2H3,(H,32,33)/b25-16+. The van der Waals surface area contributed by atoms with Gasteiger partial charge in [-0.1, -0.05) is 66.2 Å². The summed E-state index contributed by atoms with van der Waals surface area (Å²) in [7, 11) is 0. The lowest BCUT2D eigenvalue weighted by Crippen LogP contribution is -2.23. The number of benzene rings is 3. The van der Waals surface area contributed by atoms with Gasteiger partial charge in [-0.3, -0.25) is 4.79 Å². The van der Waals surface area contributed by atoms with Crippen LogP contribution in [0.3, 0.4) is 0 Å². The fraction of sp³-hybridized carbons (Fsp3) is 0.172. The van der Waals surface area contributed by atoms with Gasteiger partial charge in [0.2, 0.25) is 0 Å². The highest BCUT2D eigenvalue weighted by Gasteiger charge is 2.16. The fourth-order valence-corrected chi connectivity index (χ4v) is 3.64. The van der Waals surface area contributed by atoms with Gasteiger partial charge in [-0.2, -0.15) is 5.26 Å². The first-order valence-electron chi connectivity index (χ1n) is 11.3. The summed E-state index contributed by atoms with van der Waals surface area (Å²) < 4.78 is 12.0. The second-order valence-electron chi connectivity index (χ2n) is 7.65. The van der Waals surface area contributed by atoms with Crippen LogP contribution in [0.4, 0.5) is 0 Å². The van der Waals surface area contributed by atoms with E-state index in [4.69, 9.17) is 21.1 Å². The molecule has 1 N–H and O–H groups in total. The molecule has 0 saturated carbocycles. The van der Waals surface area contributed by atoms with Gasteiger partial charge in [0.25, 0.3) is 5.91 Å². The van der Waals surface area contributed by atoms with Gasteiger partial charge in [-0.05, 0) is 48.7 Å². The number of nitrogens with one attached hydrogen (secondary N) is 1. The van der Waals surface area contributed by atoms with Crippen LogP contribution in [0.15, 0.2) is 85.0 Å². The van der Waals surface area contributed by atoms with Crippen molar-refractivity contribution in [1.82, 2.24) is 5.32 Å². The smallest absolute Gasteiger partial charge is 0.262 e. The van der Waals surface area contributed by atoms with Crippen LogP contribution < -0.4 is 14.8 Å². The zero-order chi connectivity index (χ0) is 25.0. The summed E-state index contributed by atoms with van der Waals surface area (Å²) in [6, 6.07) is 22.6. The Morgan fingerprint density at radius 2 is 1.83 bits per heavy atom. The molecule has 0 aromatic heterocycles. The van der Waals surface area contributed by atoms with Gasteiger partial charge < -0.3 is 14.8 Å². The van der Waals surface area contributed by atoms with E-state index in [0.29, 0.717) is 41.7 Å². The van der Waals surface area contributed by atoms with Crippen LogP contribution in [0, 0.1) is 11.3 Å². The van der Waals surface area contributed by atoms with Gasteiger partial charge in [0.15, 0.2) is 11.5 Å². The van der Waals surface area contributed by atoms with Gasteiger partial charge in [-0.15, -0.1) is 6.58 Å². The summed E-state index contributed by atoms with van der Waals surface area (Å²) in [5.41, 5.74) is 3.28. The van der Waals surface area contributed by atoms with Gasteiger partial charge >= 0.3 is 0 Å². The third-order valence-corrected chi connectivity index (χ3v) is 5.49. The molecule has 6 heteroatoms. The first-order chi connectivity index (χ1) is 17.0. The maximum Gasteiger partial charge on any atom is 0.262 e. The third-order valence-electron chi connectivity index (χ3n) is 5.12. The predicted molar refractivity (Wildman–Crippen MR) is 139 cm³/mol. The Morgan fingerprint density at radius 3 is 2.51 bits per heavy atom. The average Bonchev–Trinajstić information content (AvgIpc) is 2.87. The van der Waals surface area contributed by atoms with Crippen LogP contribution in [0.1, 0.15) is 29.2 Å². The predicted octanol–water partition coefficient (Wildman–Crippen LogP) is 6.27. The molecule has 35 heavy (non-hydrogen) atoms. The number of hydrogen-bond donors (Lipinski definition) is 1. The van der Waals surface area contributed by atoms with E-state index in [1.807, 2.05) is 73.7 Å². The Balaban J connectivity index is 1.88. The van der Waals surface area contributed by atoms with Crippen molar-refractivity contribution in [3.05, 3.63) is 112 Å². The van der Waals surface area contributed by atoms with Crippen LogP contribution in [0.25, 0.3) is 6.08 Å². The highest BCUT2D eigenvalue weighted by Crippen LogP contribution is 2.35. The van der Waals surface area contributed by atoms with Crippen LogP contribution >= 0.6 is 11.6 Å². The highest BCUT2D eigenvalue weighted by atomic mass is 35.5. The van der Waals surface area contributed by atoms with Crippen molar-refractivity contribution >= 4 is 23.6 Å². The monoisotopic (exact) mass is 486 g/mol. The molecule has 0 saturated heterocycles. The van der Waals surface area contributed by atoms with Gasteiger partial charge in [0.05, 0.1) is 6.61 Å². The maximum atomic E-state index is 12.6. The van der Waals surface area contributed by atoms with E-state index in [9.17, 15) is 10.1 Å². The molecule has 0 aliphatic carbocycles. The van der Waals surface area contributed by atoms with Crippen molar-refractivity contribution in [2.45, 2.75) is 26.5 Å². The number of rotatable bonds is 11. The minimum absolute atomic E-state index is 0.00216. The van der Waals surface area contributed by atoms with Gasteiger partial charge in [-0.25, -0.2) is 0 Å². The summed E-state index contributed by atoms with van der Waals surface area (Å²) in [6.45, 7) is 6.75. The molecule has 0 fully saturated rings. The molecule has 3 rings (SSSR count). The van der Waals surface area contributed by atoms with Crippen molar-refractivity contribution in [2.24, 2.45) is 0 Å². The Kier molecular flexibility index (Phi) is 9.53. The molecule has 0 heterocycles. The zero-order valence-electron chi connectivity index (χ0n) is 19.6. The third kappa shape index (κ3) is 7.23. The molecule has 1 amide bonds. The number of nitrogens with zero attached hydrogens (tertiary/aromatic N) is 1. The molecule has 0 radical (unpaired) electrons. The minimum atomic E-state index is -0.446. The quantitative estimate of drug-likeness (QED) is 0.197. The molecule has 0 aliphatic heterocycles. The average molecular weight is 487 g/mol. The normalized spacial score (nSPS) is 10.8. The Labute approximate surface area is 211 Å². The zero-order valence-corrected chi connectivity index (χ0v) is 20.3. The summed E-state index contributed by atoms with van der Waals surface area (Å²) in [4.78, 5) is 12.6. The molecule has 178 valence electrons. The minimum Gasteiger partial charge on any atom is -0.490 e. The van der Waals surface area contributed by atoms with E-state index in [-0.39, 0.29) is 12.2 Å². The maximum absolute atomic E-state index is 12.6. The van der Waals surface area contributed by atoms with Crippen LogP contribution in [0.5, 0.6) is 11.5 Å². The molecule has 0 bridgehead atoms. The lowest BCUT2D eigenvalue weighted by Gasteiger charge is -2.17.